The number of urea groups is 1. The van der Waals surface area contributed by atoms with E-state index in [2.05, 4.69) is 53.1 Å². The van der Waals surface area contributed by atoms with Gasteiger partial charge in [0.15, 0.2) is 17.3 Å². The van der Waals surface area contributed by atoms with Gasteiger partial charge in [-0.15, -0.1) is 10.2 Å². The van der Waals surface area contributed by atoms with Gasteiger partial charge < -0.3 is 14.8 Å². The van der Waals surface area contributed by atoms with Gasteiger partial charge in [-0.25, -0.2) is 14.8 Å². The number of nitrogens with zero attached hydrogens (tertiary/aromatic N) is 6. The van der Waals surface area contributed by atoms with E-state index in [0.717, 1.165) is 80.5 Å². The van der Waals surface area contributed by atoms with Crippen molar-refractivity contribution in [2.45, 2.75) is 95.6 Å². The number of fused-ring (bicyclic) bond motifs is 2. The van der Waals surface area contributed by atoms with E-state index >= 15 is 0 Å². The van der Waals surface area contributed by atoms with Crippen molar-refractivity contribution in [3.05, 3.63) is 77.1 Å². The highest BCUT2D eigenvalue weighted by Crippen LogP contribution is 2.43. The lowest BCUT2D eigenvalue weighted by Gasteiger charge is -2.36. The number of hydrogen-bond acceptors (Lipinski definition) is 9. The van der Waals surface area contributed by atoms with E-state index in [1.807, 2.05) is 57.3 Å². The third-order valence-electron chi connectivity index (χ3n) is 10.4. The second kappa shape index (κ2) is 14.1. The average molecular weight is 681 g/mol. The van der Waals surface area contributed by atoms with Crippen molar-refractivity contribution in [2.24, 2.45) is 0 Å². The Morgan fingerprint density at radius 3 is 2.54 bits per heavy atom. The fraction of sp³-hybridized carbons (Fsp3) is 0.526. The van der Waals surface area contributed by atoms with Crippen LogP contribution >= 0.6 is 0 Å². The molecule has 12 heteroatoms. The van der Waals surface area contributed by atoms with Gasteiger partial charge in [0, 0.05) is 36.4 Å². The molecule has 1 saturated carbocycles. The largest absolute Gasteiger partial charge is 0.484 e. The van der Waals surface area contributed by atoms with Gasteiger partial charge in [0.25, 0.3) is 0 Å². The first kappa shape index (κ1) is 34.0. The number of rotatable bonds is 10. The molecule has 0 spiro atoms. The normalized spacial score (nSPS) is 20.5. The number of Topliss-reactive ketones (excluding diaryl/α,β-unsaturated/α-hetero) is 1. The molecule has 0 unspecified atom stereocenters. The van der Waals surface area contributed by atoms with Gasteiger partial charge in [0.2, 0.25) is 0 Å². The number of carbonyl (C=O) groups is 2. The molecule has 12 nitrogen and oxygen atoms in total. The zero-order valence-corrected chi connectivity index (χ0v) is 29.6. The number of morpholine rings is 1. The number of anilines is 1. The maximum atomic E-state index is 13.5. The lowest BCUT2D eigenvalue weighted by molar-refractivity contribution is 0.0371. The van der Waals surface area contributed by atoms with Gasteiger partial charge in [0.05, 0.1) is 31.1 Å². The van der Waals surface area contributed by atoms with Crippen LogP contribution in [0.2, 0.25) is 0 Å². The summed E-state index contributed by atoms with van der Waals surface area (Å²) >= 11 is 0. The predicted octanol–water partition coefficient (Wildman–Crippen LogP) is 6.33. The summed E-state index contributed by atoms with van der Waals surface area (Å²) in [5.74, 6) is 2.06. The maximum absolute atomic E-state index is 13.5. The van der Waals surface area contributed by atoms with E-state index in [-0.39, 0.29) is 40.6 Å². The Labute approximate surface area is 293 Å². The Morgan fingerprint density at radius 1 is 1.02 bits per heavy atom. The molecule has 0 radical (unpaired) electrons. The minimum atomic E-state index is -0.386. The minimum Gasteiger partial charge on any atom is -0.484 e. The van der Waals surface area contributed by atoms with E-state index in [4.69, 9.17) is 9.47 Å². The summed E-state index contributed by atoms with van der Waals surface area (Å²) in [6.07, 6.45) is 7.74. The lowest BCUT2D eigenvalue weighted by Crippen LogP contribution is -2.37. The van der Waals surface area contributed by atoms with Crippen molar-refractivity contribution in [2.75, 3.05) is 38.2 Å². The molecule has 3 aliphatic rings. The molecule has 4 heterocycles. The van der Waals surface area contributed by atoms with Crippen molar-refractivity contribution < 1.29 is 19.1 Å². The molecule has 2 fully saturated rings. The summed E-state index contributed by atoms with van der Waals surface area (Å²) in [5.41, 5.74) is 3.28. The molecule has 2 atom stereocenters. The summed E-state index contributed by atoms with van der Waals surface area (Å²) in [5, 5.41) is 15.0. The predicted molar refractivity (Wildman–Crippen MR) is 190 cm³/mol. The van der Waals surface area contributed by atoms with Gasteiger partial charge in [-0.05, 0) is 61.9 Å². The van der Waals surface area contributed by atoms with Crippen LogP contribution in [-0.4, -0.2) is 74.1 Å². The Bertz CT molecular complexity index is 1860. The first-order chi connectivity index (χ1) is 24.1. The number of nitrogens with one attached hydrogen (secondary N) is 2. The number of hydrogen-bond donors (Lipinski definition) is 2. The van der Waals surface area contributed by atoms with Crippen LogP contribution in [0.15, 0.2) is 48.7 Å². The third kappa shape index (κ3) is 7.36. The monoisotopic (exact) mass is 680 g/mol. The topological polar surface area (TPSA) is 136 Å². The van der Waals surface area contributed by atoms with Crippen molar-refractivity contribution >= 4 is 23.3 Å². The van der Waals surface area contributed by atoms with Crippen molar-refractivity contribution in [3.8, 4) is 5.75 Å². The summed E-state index contributed by atoms with van der Waals surface area (Å²) in [6.45, 7) is 12.4. The Hall–Kier alpha value is -4.42. The van der Waals surface area contributed by atoms with Crippen LogP contribution in [0, 0.1) is 0 Å². The summed E-state index contributed by atoms with van der Waals surface area (Å²) in [6, 6.07) is 13.2. The molecule has 2 aliphatic carbocycles. The quantitative estimate of drug-likeness (QED) is 0.184. The molecule has 2 N–H and O–H groups in total. The summed E-state index contributed by atoms with van der Waals surface area (Å²) < 4.78 is 14.1. The van der Waals surface area contributed by atoms with Crippen LogP contribution in [0.5, 0.6) is 5.75 Å². The van der Waals surface area contributed by atoms with Crippen LogP contribution < -0.4 is 15.4 Å². The van der Waals surface area contributed by atoms with Gasteiger partial charge in [-0.1, -0.05) is 58.4 Å². The summed E-state index contributed by atoms with van der Waals surface area (Å²) in [7, 11) is 0. The SMILES string of the molecule is CC(C)(C)c1cc(NC(=O)N[C@H]2CC[C@@H](Oc3ccc4nnc(C5(C)CCC5)n4c3)c3ccccc32)nc(C(=O)CCCN2CCOCC2)n1. The number of amides is 2. The molecule has 2 amide bonds. The zero-order valence-electron chi connectivity index (χ0n) is 29.6. The van der Waals surface area contributed by atoms with Crippen LogP contribution in [-0.2, 0) is 15.6 Å². The third-order valence-corrected chi connectivity index (χ3v) is 10.4. The molecule has 0 bridgehead atoms. The van der Waals surface area contributed by atoms with Crippen molar-refractivity contribution in [1.82, 2.24) is 34.8 Å². The molecule has 264 valence electrons. The van der Waals surface area contributed by atoms with Crippen molar-refractivity contribution in [1.29, 1.82) is 0 Å². The number of carbonyl (C=O) groups excluding carboxylic acids is 2. The molecule has 1 saturated heterocycles. The fourth-order valence-electron chi connectivity index (χ4n) is 7.20. The zero-order chi connectivity index (χ0) is 34.9. The first-order valence-electron chi connectivity index (χ1n) is 18.0. The smallest absolute Gasteiger partial charge is 0.320 e. The average Bonchev–Trinajstić information content (AvgIpc) is 3.52. The molecule has 1 aliphatic heterocycles. The highest BCUT2D eigenvalue weighted by molar-refractivity contribution is 5.94. The van der Waals surface area contributed by atoms with E-state index in [1.165, 1.54) is 6.42 Å². The highest BCUT2D eigenvalue weighted by atomic mass is 16.5. The number of aromatic nitrogens is 5. The molecule has 7 rings (SSSR count). The van der Waals surface area contributed by atoms with Gasteiger partial charge in [-0.2, -0.15) is 0 Å². The van der Waals surface area contributed by atoms with Crippen LogP contribution in [0.3, 0.4) is 0 Å². The lowest BCUT2D eigenvalue weighted by atomic mass is 9.70. The number of ketones is 1. The summed E-state index contributed by atoms with van der Waals surface area (Å²) in [4.78, 5) is 38.1. The van der Waals surface area contributed by atoms with Gasteiger partial charge >= 0.3 is 6.03 Å². The minimum absolute atomic E-state index is 0.0508. The molecule has 1 aromatic carbocycles. The van der Waals surface area contributed by atoms with E-state index < -0.39 is 0 Å². The van der Waals surface area contributed by atoms with Crippen LogP contribution in [0.4, 0.5) is 10.6 Å². The van der Waals surface area contributed by atoms with E-state index in [0.29, 0.717) is 30.8 Å². The molecular formula is C38H48N8O4. The van der Waals surface area contributed by atoms with Gasteiger partial charge in [-0.3, -0.25) is 19.4 Å². The maximum Gasteiger partial charge on any atom is 0.320 e. The Balaban J connectivity index is 1.02. The number of benzene rings is 1. The second-order valence-corrected chi connectivity index (χ2v) is 15.2. The second-order valence-electron chi connectivity index (χ2n) is 15.2. The number of ether oxygens (including phenoxy) is 2. The first-order valence-corrected chi connectivity index (χ1v) is 18.0. The fourth-order valence-corrected chi connectivity index (χ4v) is 7.20. The molecular weight excluding hydrogens is 632 g/mol. The standard InChI is InChI=1S/C38H48N8O4/c1-37(2,3)31-23-32(41-34(40-31)29(47)11-7-18-45-19-21-49-22-20-45)42-36(48)39-28-13-14-30(27-10-6-5-9-26(27)28)50-25-12-15-33-43-44-35(46(33)24-25)38(4)16-8-17-38/h5-6,9-10,12,15,23-24,28,30H,7-8,11,13-14,16-22H2,1-4H3,(H2,39,40,41,42,48)/t28-,30+/m0/s1. The van der Waals surface area contributed by atoms with Gasteiger partial charge in [0.1, 0.15) is 23.5 Å². The van der Waals surface area contributed by atoms with E-state index in [1.54, 1.807) is 6.07 Å². The van der Waals surface area contributed by atoms with E-state index in [9.17, 15) is 9.59 Å². The molecule has 4 aromatic rings. The highest BCUT2D eigenvalue weighted by Gasteiger charge is 2.38. The Kier molecular flexibility index (Phi) is 9.58. The van der Waals surface area contributed by atoms with Crippen molar-refractivity contribution in [3.63, 3.8) is 0 Å². The Morgan fingerprint density at radius 2 is 1.80 bits per heavy atom. The van der Waals surface area contributed by atoms with Crippen LogP contribution in [0.25, 0.3) is 5.65 Å². The molecule has 3 aromatic heterocycles. The molecule has 50 heavy (non-hydrogen) atoms. The van der Waals surface area contributed by atoms with Crippen LogP contribution in [0.1, 0.15) is 118 Å². The number of pyridine rings is 1.